The molecule has 5 nitrogen and oxygen atoms in total. The van der Waals surface area contributed by atoms with Crippen molar-refractivity contribution in [2.24, 2.45) is 0 Å². The Kier molecular flexibility index (Phi) is 4.33. The van der Waals surface area contributed by atoms with Crippen LogP contribution >= 0.6 is 11.6 Å². The fourth-order valence-corrected chi connectivity index (χ4v) is 3.41. The third-order valence-corrected chi connectivity index (χ3v) is 4.76. The van der Waals surface area contributed by atoms with Crippen LogP contribution in [0.15, 0.2) is 24.4 Å². The Labute approximate surface area is 139 Å². The first-order valence-corrected chi connectivity index (χ1v) is 8.02. The fourth-order valence-electron chi connectivity index (χ4n) is 3.23. The van der Waals surface area contributed by atoms with Crippen LogP contribution in [0.4, 0.5) is 0 Å². The zero-order valence-electron chi connectivity index (χ0n) is 13.0. The number of hydrogen-bond acceptors (Lipinski definition) is 4. The molecule has 0 amide bonds. The van der Waals surface area contributed by atoms with Crippen LogP contribution in [-0.2, 0) is 0 Å². The van der Waals surface area contributed by atoms with Gasteiger partial charge < -0.3 is 0 Å². The molecule has 3 atom stereocenters. The molecular weight excluding hydrogens is 314 g/mol. The second-order valence-electron chi connectivity index (χ2n) is 5.85. The monoisotopic (exact) mass is 331 g/mol. The van der Waals surface area contributed by atoms with Crippen LogP contribution in [0.25, 0.3) is 0 Å². The van der Waals surface area contributed by atoms with Crippen LogP contribution in [0.3, 0.4) is 0 Å². The number of ketones is 1. The molecule has 0 spiro atoms. The van der Waals surface area contributed by atoms with Crippen LogP contribution in [0.5, 0.6) is 0 Å². The second kappa shape index (κ2) is 6.26. The van der Waals surface area contributed by atoms with Gasteiger partial charge in [-0.15, -0.1) is 0 Å². The molecule has 1 aliphatic heterocycles. The molecule has 0 radical (unpaired) electrons. The fraction of sp³-hybridized carbons (Fsp3) is 0.353. The maximum atomic E-state index is 12.4. The second-order valence-corrected chi connectivity index (χ2v) is 6.29. The van der Waals surface area contributed by atoms with Crippen molar-refractivity contribution in [1.29, 1.82) is 0 Å². The molecule has 2 heterocycles. The van der Waals surface area contributed by atoms with Crippen molar-refractivity contribution in [3.8, 4) is 0 Å². The standard InChI is InChI=1S/C17H18ClN3O2/c1-3-14-17(23)16-13(7-19-21-16)15(20-14)9(2)12-6-11(18)5-4-10(12)8-22/h4-9,14-15,20H,3H2,1-2H3,(H,19,21)/t9?,14-,15+/m0/s1. The van der Waals surface area contributed by atoms with Gasteiger partial charge in [0, 0.05) is 28.1 Å². The highest BCUT2D eigenvalue weighted by atomic mass is 35.5. The van der Waals surface area contributed by atoms with Gasteiger partial charge in [-0.25, -0.2) is 0 Å². The molecule has 1 aromatic heterocycles. The number of rotatable bonds is 4. The molecule has 0 fully saturated rings. The van der Waals surface area contributed by atoms with Crippen molar-refractivity contribution in [2.75, 3.05) is 0 Å². The van der Waals surface area contributed by atoms with Crippen molar-refractivity contribution >= 4 is 23.7 Å². The molecule has 0 saturated heterocycles. The topological polar surface area (TPSA) is 74.8 Å². The molecule has 23 heavy (non-hydrogen) atoms. The van der Waals surface area contributed by atoms with Crippen LogP contribution in [0.2, 0.25) is 5.02 Å². The van der Waals surface area contributed by atoms with E-state index in [9.17, 15) is 9.59 Å². The number of nitrogens with zero attached hydrogens (tertiary/aromatic N) is 1. The number of carbonyl (C=O) groups excluding carboxylic acids is 2. The summed E-state index contributed by atoms with van der Waals surface area (Å²) in [5.74, 6) is -0.00226. The minimum Gasteiger partial charge on any atom is -0.299 e. The smallest absolute Gasteiger partial charge is 0.197 e. The number of carbonyl (C=O) groups is 2. The van der Waals surface area contributed by atoms with Gasteiger partial charge >= 0.3 is 0 Å². The average molecular weight is 332 g/mol. The van der Waals surface area contributed by atoms with Gasteiger partial charge in [0.05, 0.1) is 12.2 Å². The van der Waals surface area contributed by atoms with Gasteiger partial charge in [0.1, 0.15) is 12.0 Å². The van der Waals surface area contributed by atoms with Crippen molar-refractivity contribution in [3.05, 3.63) is 51.8 Å². The molecule has 6 heteroatoms. The summed E-state index contributed by atoms with van der Waals surface area (Å²) >= 11 is 6.11. The van der Waals surface area contributed by atoms with E-state index in [1.807, 2.05) is 19.9 Å². The lowest BCUT2D eigenvalue weighted by Crippen LogP contribution is -2.45. The number of aldehydes is 1. The summed E-state index contributed by atoms with van der Waals surface area (Å²) < 4.78 is 0. The SMILES string of the molecule is CC[C@@H]1N[C@H](C(C)c2cc(Cl)ccc2C=O)c2cn[nH]c2C1=O. The van der Waals surface area contributed by atoms with Gasteiger partial charge in [-0.2, -0.15) is 5.10 Å². The molecule has 0 saturated carbocycles. The zero-order chi connectivity index (χ0) is 16.6. The first-order valence-electron chi connectivity index (χ1n) is 7.65. The average Bonchev–Trinajstić information content (AvgIpc) is 3.05. The predicted molar refractivity (Wildman–Crippen MR) is 88.1 cm³/mol. The molecule has 1 aliphatic rings. The maximum Gasteiger partial charge on any atom is 0.197 e. The van der Waals surface area contributed by atoms with E-state index >= 15 is 0 Å². The molecular formula is C17H18ClN3O2. The summed E-state index contributed by atoms with van der Waals surface area (Å²) in [5, 5.41) is 10.8. The van der Waals surface area contributed by atoms with E-state index in [4.69, 9.17) is 11.6 Å². The number of Topliss-reactive ketones (excluding diaryl/α,β-unsaturated/α-hetero) is 1. The Balaban J connectivity index is 2.05. The first kappa shape index (κ1) is 15.9. The van der Waals surface area contributed by atoms with Gasteiger partial charge in [0.15, 0.2) is 5.78 Å². The summed E-state index contributed by atoms with van der Waals surface area (Å²) in [5.41, 5.74) is 2.87. The molecule has 2 N–H and O–H groups in total. The number of H-pyrrole nitrogens is 1. The number of benzene rings is 1. The van der Waals surface area contributed by atoms with Gasteiger partial charge in [-0.3, -0.25) is 20.0 Å². The normalized spacial score (nSPS) is 21.8. The minimum absolute atomic E-state index is 0.0326. The van der Waals surface area contributed by atoms with Crippen LogP contribution in [0, 0.1) is 0 Å². The van der Waals surface area contributed by atoms with E-state index in [2.05, 4.69) is 15.5 Å². The molecule has 1 aromatic carbocycles. The molecule has 2 aromatic rings. The number of aromatic amines is 1. The molecule has 3 rings (SSSR count). The van der Waals surface area contributed by atoms with Crippen molar-refractivity contribution < 1.29 is 9.59 Å². The minimum atomic E-state index is -0.255. The number of halogens is 1. The number of nitrogens with one attached hydrogen (secondary N) is 2. The van der Waals surface area contributed by atoms with E-state index < -0.39 is 0 Å². The third kappa shape index (κ3) is 2.71. The highest BCUT2D eigenvalue weighted by molar-refractivity contribution is 6.30. The van der Waals surface area contributed by atoms with E-state index in [1.165, 1.54) is 0 Å². The van der Waals surface area contributed by atoms with Crippen molar-refractivity contribution in [2.45, 2.75) is 38.3 Å². The number of aromatic nitrogens is 2. The Hall–Kier alpha value is -1.98. The number of hydrogen-bond donors (Lipinski definition) is 2. The van der Waals surface area contributed by atoms with Gasteiger partial charge in [-0.1, -0.05) is 25.4 Å². The van der Waals surface area contributed by atoms with E-state index in [1.54, 1.807) is 18.3 Å². The lowest BCUT2D eigenvalue weighted by molar-refractivity contribution is 0.0907. The highest BCUT2D eigenvalue weighted by Gasteiger charge is 2.37. The van der Waals surface area contributed by atoms with E-state index in [0.717, 1.165) is 17.4 Å². The third-order valence-electron chi connectivity index (χ3n) is 4.52. The molecule has 0 aliphatic carbocycles. The van der Waals surface area contributed by atoms with Crippen molar-refractivity contribution in [3.63, 3.8) is 0 Å². The number of fused-ring (bicyclic) bond motifs is 1. The van der Waals surface area contributed by atoms with Gasteiger partial charge in [0.2, 0.25) is 0 Å². The van der Waals surface area contributed by atoms with Crippen LogP contribution in [0.1, 0.15) is 64.2 Å². The Morgan fingerprint density at radius 1 is 1.43 bits per heavy atom. The Morgan fingerprint density at radius 3 is 2.91 bits per heavy atom. The lowest BCUT2D eigenvalue weighted by Gasteiger charge is -2.33. The quantitative estimate of drug-likeness (QED) is 0.843. The summed E-state index contributed by atoms with van der Waals surface area (Å²) in [4.78, 5) is 23.7. The largest absolute Gasteiger partial charge is 0.299 e. The summed E-state index contributed by atoms with van der Waals surface area (Å²) in [6, 6.07) is 4.88. The highest BCUT2D eigenvalue weighted by Crippen LogP contribution is 2.37. The zero-order valence-corrected chi connectivity index (χ0v) is 13.7. The Morgan fingerprint density at radius 2 is 2.22 bits per heavy atom. The Bertz CT molecular complexity index is 756. The van der Waals surface area contributed by atoms with E-state index in [-0.39, 0.29) is 23.8 Å². The van der Waals surface area contributed by atoms with Crippen molar-refractivity contribution in [1.82, 2.24) is 15.5 Å². The van der Waals surface area contributed by atoms with Gasteiger partial charge in [0.25, 0.3) is 0 Å². The summed E-state index contributed by atoms with van der Waals surface area (Å²) in [7, 11) is 0. The lowest BCUT2D eigenvalue weighted by atomic mass is 9.82. The summed E-state index contributed by atoms with van der Waals surface area (Å²) in [6.45, 7) is 3.99. The first-order chi connectivity index (χ1) is 11.1. The van der Waals surface area contributed by atoms with Crippen LogP contribution in [-0.4, -0.2) is 28.3 Å². The maximum absolute atomic E-state index is 12.4. The molecule has 1 unspecified atom stereocenters. The summed E-state index contributed by atoms with van der Waals surface area (Å²) in [6.07, 6.45) is 3.21. The van der Waals surface area contributed by atoms with E-state index in [0.29, 0.717) is 22.7 Å². The molecule has 0 bridgehead atoms. The predicted octanol–water partition coefficient (Wildman–Crippen LogP) is 3.28. The van der Waals surface area contributed by atoms with Crippen LogP contribution < -0.4 is 5.32 Å². The molecule has 120 valence electrons. The van der Waals surface area contributed by atoms with Gasteiger partial charge in [-0.05, 0) is 30.2 Å².